The summed E-state index contributed by atoms with van der Waals surface area (Å²) < 4.78 is 11.2. The van der Waals surface area contributed by atoms with Gasteiger partial charge in [0.2, 0.25) is 5.88 Å². The molecule has 3 rings (SSSR count). The molecule has 7 heteroatoms. The van der Waals surface area contributed by atoms with E-state index in [9.17, 15) is 9.90 Å². The van der Waals surface area contributed by atoms with E-state index < -0.39 is 5.56 Å². The lowest BCUT2D eigenvalue weighted by molar-refractivity contribution is 0.254. The van der Waals surface area contributed by atoms with Crippen LogP contribution in [0.4, 0.5) is 0 Å². The predicted octanol–water partition coefficient (Wildman–Crippen LogP) is 2.08. The second-order valence-electron chi connectivity index (χ2n) is 4.84. The smallest absolute Gasteiger partial charge is 0.268 e. The SMILES string of the molecule is COc1cc2c(cc1-c1nc(O)c(I)c(=O)[nH]1)OC(C)C2. The monoisotopic (exact) mass is 400 g/mol. The van der Waals surface area contributed by atoms with E-state index >= 15 is 0 Å². The van der Waals surface area contributed by atoms with E-state index in [-0.39, 0.29) is 21.4 Å². The van der Waals surface area contributed by atoms with E-state index in [0.717, 1.165) is 17.7 Å². The van der Waals surface area contributed by atoms with Gasteiger partial charge in [-0.3, -0.25) is 4.79 Å². The molecule has 1 unspecified atom stereocenters. The quantitative estimate of drug-likeness (QED) is 0.755. The molecule has 1 aromatic heterocycles. The second-order valence-corrected chi connectivity index (χ2v) is 5.92. The summed E-state index contributed by atoms with van der Waals surface area (Å²) in [4.78, 5) is 18.4. The largest absolute Gasteiger partial charge is 0.496 e. The van der Waals surface area contributed by atoms with Gasteiger partial charge in [0, 0.05) is 12.0 Å². The van der Waals surface area contributed by atoms with Crippen molar-refractivity contribution in [2.75, 3.05) is 7.11 Å². The van der Waals surface area contributed by atoms with E-state index in [1.54, 1.807) is 35.8 Å². The molecule has 2 N–H and O–H groups in total. The molecule has 0 bridgehead atoms. The number of ether oxygens (including phenoxy) is 2. The molecular weight excluding hydrogens is 387 g/mol. The normalized spacial score (nSPS) is 16.4. The zero-order valence-corrected chi connectivity index (χ0v) is 13.6. The minimum atomic E-state index is -0.394. The molecule has 110 valence electrons. The number of hydrogen-bond donors (Lipinski definition) is 2. The summed E-state index contributed by atoms with van der Waals surface area (Å²) >= 11 is 1.74. The van der Waals surface area contributed by atoms with Gasteiger partial charge in [-0.25, -0.2) is 0 Å². The molecule has 0 radical (unpaired) electrons. The lowest BCUT2D eigenvalue weighted by atomic mass is 10.1. The first-order valence-electron chi connectivity index (χ1n) is 6.36. The minimum absolute atomic E-state index is 0.108. The van der Waals surface area contributed by atoms with Crippen molar-refractivity contribution in [3.63, 3.8) is 0 Å². The maximum atomic E-state index is 11.8. The van der Waals surface area contributed by atoms with Crippen molar-refractivity contribution in [3.8, 4) is 28.8 Å². The average Bonchev–Trinajstić information content (AvgIpc) is 2.81. The Kier molecular flexibility index (Phi) is 3.52. The van der Waals surface area contributed by atoms with Crippen molar-refractivity contribution in [3.05, 3.63) is 31.6 Å². The Labute approximate surface area is 134 Å². The Morgan fingerprint density at radius 3 is 2.95 bits per heavy atom. The Morgan fingerprint density at radius 1 is 1.52 bits per heavy atom. The summed E-state index contributed by atoms with van der Waals surface area (Å²) in [6, 6.07) is 3.66. The van der Waals surface area contributed by atoms with Crippen molar-refractivity contribution in [1.82, 2.24) is 9.97 Å². The number of fused-ring (bicyclic) bond motifs is 1. The Morgan fingerprint density at radius 2 is 2.29 bits per heavy atom. The molecule has 0 amide bonds. The van der Waals surface area contributed by atoms with Crippen molar-refractivity contribution < 1.29 is 14.6 Å². The van der Waals surface area contributed by atoms with Gasteiger partial charge in [0.05, 0.1) is 12.7 Å². The number of rotatable bonds is 2. The van der Waals surface area contributed by atoms with E-state index in [1.807, 2.05) is 13.0 Å². The molecule has 0 saturated carbocycles. The first-order valence-corrected chi connectivity index (χ1v) is 7.44. The van der Waals surface area contributed by atoms with E-state index in [2.05, 4.69) is 9.97 Å². The average molecular weight is 400 g/mol. The molecular formula is C14H13IN2O4. The minimum Gasteiger partial charge on any atom is -0.496 e. The first kappa shape index (κ1) is 14.2. The van der Waals surface area contributed by atoms with Crippen LogP contribution in [0.25, 0.3) is 11.4 Å². The number of aromatic hydroxyl groups is 1. The summed E-state index contributed by atoms with van der Waals surface area (Å²) in [5.74, 6) is 1.28. The zero-order chi connectivity index (χ0) is 15.1. The zero-order valence-electron chi connectivity index (χ0n) is 11.4. The van der Waals surface area contributed by atoms with Gasteiger partial charge in [-0.1, -0.05) is 0 Å². The third kappa shape index (κ3) is 2.45. The molecule has 1 atom stereocenters. The van der Waals surface area contributed by atoms with E-state index in [4.69, 9.17) is 9.47 Å². The number of nitrogens with zero attached hydrogens (tertiary/aromatic N) is 1. The highest BCUT2D eigenvalue weighted by molar-refractivity contribution is 14.1. The number of nitrogens with one attached hydrogen (secondary N) is 1. The number of aromatic nitrogens is 2. The van der Waals surface area contributed by atoms with Gasteiger partial charge in [-0.2, -0.15) is 4.98 Å². The number of halogens is 1. The highest BCUT2D eigenvalue weighted by Crippen LogP contribution is 2.38. The molecule has 1 aliphatic heterocycles. The number of H-pyrrole nitrogens is 1. The van der Waals surface area contributed by atoms with Gasteiger partial charge >= 0.3 is 0 Å². The molecule has 2 aromatic rings. The fourth-order valence-electron chi connectivity index (χ4n) is 2.37. The van der Waals surface area contributed by atoms with Crippen LogP contribution in [-0.2, 0) is 6.42 Å². The van der Waals surface area contributed by atoms with Gasteiger partial charge in [0.1, 0.15) is 27.0 Å². The van der Waals surface area contributed by atoms with Crippen LogP contribution in [-0.4, -0.2) is 28.3 Å². The van der Waals surface area contributed by atoms with Crippen molar-refractivity contribution >= 4 is 22.6 Å². The fourth-order valence-corrected chi connectivity index (χ4v) is 2.62. The molecule has 6 nitrogen and oxygen atoms in total. The molecule has 1 aliphatic rings. The maximum absolute atomic E-state index is 11.8. The van der Waals surface area contributed by atoms with Crippen LogP contribution in [0.5, 0.6) is 17.4 Å². The summed E-state index contributed by atoms with van der Waals surface area (Å²) in [6.07, 6.45) is 0.922. The Balaban J connectivity index is 2.19. The molecule has 0 spiro atoms. The number of hydrogen-bond acceptors (Lipinski definition) is 5. The molecule has 0 aliphatic carbocycles. The van der Waals surface area contributed by atoms with Crippen molar-refractivity contribution in [2.24, 2.45) is 0 Å². The summed E-state index contributed by atoms with van der Waals surface area (Å²) in [5.41, 5.74) is 1.24. The summed E-state index contributed by atoms with van der Waals surface area (Å²) in [5, 5.41) is 9.73. The molecule has 0 fully saturated rings. The van der Waals surface area contributed by atoms with Gasteiger partial charge in [0.25, 0.3) is 5.56 Å². The molecule has 21 heavy (non-hydrogen) atoms. The molecule has 2 heterocycles. The van der Waals surface area contributed by atoms with Crippen LogP contribution >= 0.6 is 22.6 Å². The van der Waals surface area contributed by atoms with Crippen LogP contribution in [0.2, 0.25) is 0 Å². The summed E-state index contributed by atoms with van der Waals surface area (Å²) in [7, 11) is 1.55. The van der Waals surface area contributed by atoms with Crippen LogP contribution < -0.4 is 15.0 Å². The summed E-state index contributed by atoms with van der Waals surface area (Å²) in [6.45, 7) is 1.99. The number of benzene rings is 1. The van der Waals surface area contributed by atoms with Crippen LogP contribution in [0.1, 0.15) is 12.5 Å². The first-order chi connectivity index (χ1) is 9.99. The lowest BCUT2D eigenvalue weighted by Gasteiger charge is -2.11. The van der Waals surface area contributed by atoms with Crippen LogP contribution in [0.15, 0.2) is 16.9 Å². The highest BCUT2D eigenvalue weighted by Gasteiger charge is 2.23. The molecule has 1 aromatic carbocycles. The predicted molar refractivity (Wildman–Crippen MR) is 85.0 cm³/mol. The van der Waals surface area contributed by atoms with E-state index in [0.29, 0.717) is 11.3 Å². The highest BCUT2D eigenvalue weighted by atomic mass is 127. The Bertz CT molecular complexity index is 772. The molecule has 0 saturated heterocycles. The second kappa shape index (κ2) is 5.21. The topological polar surface area (TPSA) is 84.4 Å². The standard InChI is InChI=1S/C14H13IN2O4/c1-6-3-7-4-10(20-2)8(5-9(7)21-6)12-16-13(18)11(15)14(19)17-12/h4-6H,3H2,1-2H3,(H2,16,17,18,19). The fraction of sp³-hybridized carbons (Fsp3) is 0.286. The van der Waals surface area contributed by atoms with E-state index in [1.165, 1.54) is 0 Å². The van der Waals surface area contributed by atoms with Crippen molar-refractivity contribution in [1.29, 1.82) is 0 Å². The van der Waals surface area contributed by atoms with Crippen LogP contribution in [0, 0.1) is 3.57 Å². The van der Waals surface area contributed by atoms with Gasteiger partial charge in [-0.05, 0) is 41.6 Å². The van der Waals surface area contributed by atoms with Crippen LogP contribution in [0.3, 0.4) is 0 Å². The third-order valence-electron chi connectivity index (χ3n) is 3.32. The lowest BCUT2D eigenvalue weighted by Crippen LogP contribution is -2.12. The Hall–Kier alpha value is -1.77. The number of aromatic amines is 1. The van der Waals surface area contributed by atoms with Crippen molar-refractivity contribution in [2.45, 2.75) is 19.4 Å². The third-order valence-corrected chi connectivity index (χ3v) is 4.29. The number of methoxy groups -OCH3 is 1. The van der Waals surface area contributed by atoms with Gasteiger partial charge < -0.3 is 19.6 Å². The van der Waals surface area contributed by atoms with Gasteiger partial charge in [0.15, 0.2) is 0 Å². The maximum Gasteiger partial charge on any atom is 0.268 e. The van der Waals surface area contributed by atoms with Gasteiger partial charge in [-0.15, -0.1) is 0 Å².